The lowest BCUT2D eigenvalue weighted by atomic mass is 9.76. The highest BCUT2D eigenvalue weighted by atomic mass is 19.3. The molecule has 0 heterocycles. The minimum atomic E-state index is -2.64. The first kappa shape index (κ1) is 9.43. The van der Waals surface area contributed by atoms with E-state index in [1.54, 1.807) is 19.1 Å². The van der Waals surface area contributed by atoms with Crippen LogP contribution in [-0.4, -0.2) is 5.92 Å². The molecule has 0 amide bonds. The molecule has 12 heavy (non-hydrogen) atoms. The summed E-state index contributed by atoms with van der Waals surface area (Å²) in [5.41, 5.74) is 0.0211. The fourth-order valence-electron chi connectivity index (χ4n) is 1.42. The summed E-state index contributed by atoms with van der Waals surface area (Å²) in [5, 5.41) is 0. The first-order valence-corrected chi connectivity index (χ1v) is 4.08. The molecule has 0 aliphatic heterocycles. The van der Waals surface area contributed by atoms with Crippen molar-refractivity contribution < 1.29 is 8.78 Å². The van der Waals surface area contributed by atoms with Gasteiger partial charge in [0.1, 0.15) is 0 Å². The SMILES string of the molecule is CC1=CC=C[C@](C)(C(C)(F)F)C1. The monoisotopic (exact) mass is 172 g/mol. The average molecular weight is 172 g/mol. The van der Waals surface area contributed by atoms with E-state index in [-0.39, 0.29) is 0 Å². The lowest BCUT2D eigenvalue weighted by molar-refractivity contribution is -0.0726. The average Bonchev–Trinajstić information content (AvgIpc) is 1.83. The van der Waals surface area contributed by atoms with Gasteiger partial charge in [-0.3, -0.25) is 0 Å². The van der Waals surface area contributed by atoms with Crippen LogP contribution >= 0.6 is 0 Å². The number of alkyl halides is 2. The zero-order valence-corrected chi connectivity index (χ0v) is 7.70. The Morgan fingerprint density at radius 1 is 1.50 bits per heavy atom. The second kappa shape index (κ2) is 2.68. The Kier molecular flexibility index (Phi) is 2.11. The predicted molar refractivity (Wildman–Crippen MR) is 46.2 cm³/mol. The zero-order chi connectivity index (χ0) is 9.41. The zero-order valence-electron chi connectivity index (χ0n) is 7.70. The van der Waals surface area contributed by atoms with Gasteiger partial charge in [-0.05, 0) is 13.3 Å². The van der Waals surface area contributed by atoms with Crippen LogP contribution in [0.25, 0.3) is 0 Å². The Labute approximate surface area is 72.0 Å². The van der Waals surface area contributed by atoms with E-state index in [4.69, 9.17) is 0 Å². The minimum absolute atomic E-state index is 0.451. The van der Waals surface area contributed by atoms with Crippen molar-refractivity contribution in [2.75, 3.05) is 0 Å². The normalized spacial score (nSPS) is 30.2. The third kappa shape index (κ3) is 1.57. The molecule has 0 aromatic rings. The van der Waals surface area contributed by atoms with Crippen LogP contribution in [0.5, 0.6) is 0 Å². The molecule has 0 nitrogen and oxygen atoms in total. The Hall–Kier alpha value is -0.660. The van der Waals surface area contributed by atoms with Crippen LogP contribution in [0.15, 0.2) is 23.8 Å². The second-order valence-electron chi connectivity index (χ2n) is 3.85. The molecule has 0 bridgehead atoms. The molecule has 1 rings (SSSR count). The van der Waals surface area contributed by atoms with E-state index < -0.39 is 11.3 Å². The Bertz CT molecular complexity index is 233. The van der Waals surface area contributed by atoms with Crippen LogP contribution in [0.4, 0.5) is 8.78 Å². The van der Waals surface area contributed by atoms with Gasteiger partial charge in [0.15, 0.2) is 0 Å². The Morgan fingerprint density at radius 2 is 2.08 bits per heavy atom. The molecule has 0 spiro atoms. The highest BCUT2D eigenvalue weighted by molar-refractivity contribution is 5.23. The summed E-state index contributed by atoms with van der Waals surface area (Å²) in [7, 11) is 0. The molecule has 0 aromatic carbocycles. The van der Waals surface area contributed by atoms with Gasteiger partial charge in [-0.2, -0.15) is 0 Å². The third-order valence-electron chi connectivity index (χ3n) is 2.49. The molecule has 0 saturated carbocycles. The lowest BCUT2D eigenvalue weighted by Gasteiger charge is -2.34. The summed E-state index contributed by atoms with van der Waals surface area (Å²) in [5.74, 6) is -2.64. The van der Waals surface area contributed by atoms with E-state index in [1.165, 1.54) is 0 Å². The maximum Gasteiger partial charge on any atom is 0.254 e. The maximum absolute atomic E-state index is 13.1. The van der Waals surface area contributed by atoms with E-state index in [9.17, 15) is 8.78 Å². The van der Waals surface area contributed by atoms with Gasteiger partial charge in [-0.1, -0.05) is 30.7 Å². The summed E-state index contributed by atoms with van der Waals surface area (Å²) in [6.07, 6.45) is 5.65. The molecular formula is C10H14F2. The molecule has 0 radical (unpaired) electrons. The second-order valence-corrected chi connectivity index (χ2v) is 3.85. The fourth-order valence-corrected chi connectivity index (χ4v) is 1.42. The van der Waals surface area contributed by atoms with Crippen molar-refractivity contribution in [1.29, 1.82) is 0 Å². The molecule has 0 N–H and O–H groups in total. The number of hydrogen-bond acceptors (Lipinski definition) is 0. The fraction of sp³-hybridized carbons (Fsp3) is 0.600. The van der Waals surface area contributed by atoms with Crippen molar-refractivity contribution in [3.05, 3.63) is 23.8 Å². The summed E-state index contributed by atoms with van der Waals surface area (Å²) >= 11 is 0. The summed E-state index contributed by atoms with van der Waals surface area (Å²) in [4.78, 5) is 0. The molecule has 1 aliphatic rings. The number of rotatable bonds is 1. The van der Waals surface area contributed by atoms with Crippen molar-refractivity contribution >= 4 is 0 Å². The van der Waals surface area contributed by atoms with Crippen molar-refractivity contribution in [1.82, 2.24) is 0 Å². The van der Waals surface area contributed by atoms with Gasteiger partial charge in [0, 0.05) is 6.92 Å². The molecular weight excluding hydrogens is 158 g/mol. The standard InChI is InChI=1S/C10H14F2/c1-8-5-4-6-9(2,7-8)10(3,11)12/h4-6H,7H2,1-3H3/t9-/m0/s1. The van der Waals surface area contributed by atoms with E-state index in [0.29, 0.717) is 6.42 Å². The van der Waals surface area contributed by atoms with Gasteiger partial charge >= 0.3 is 0 Å². The quantitative estimate of drug-likeness (QED) is 0.567. The molecule has 1 aliphatic carbocycles. The van der Waals surface area contributed by atoms with Gasteiger partial charge in [-0.25, -0.2) is 8.78 Å². The third-order valence-corrected chi connectivity index (χ3v) is 2.49. The Balaban J connectivity index is 2.90. The van der Waals surface area contributed by atoms with Crippen molar-refractivity contribution in [2.45, 2.75) is 33.1 Å². The highest BCUT2D eigenvalue weighted by Gasteiger charge is 2.44. The topological polar surface area (TPSA) is 0 Å². The molecule has 68 valence electrons. The summed E-state index contributed by atoms with van der Waals surface area (Å²) in [6.45, 7) is 4.46. The van der Waals surface area contributed by atoms with Crippen LogP contribution in [0.2, 0.25) is 0 Å². The first-order valence-electron chi connectivity index (χ1n) is 4.08. The van der Waals surface area contributed by atoms with E-state index in [2.05, 4.69) is 0 Å². The smallest absolute Gasteiger partial charge is 0.206 e. The maximum atomic E-state index is 13.1. The van der Waals surface area contributed by atoms with Gasteiger partial charge in [-0.15, -0.1) is 0 Å². The van der Waals surface area contributed by atoms with E-state index in [0.717, 1.165) is 12.5 Å². The number of hydrogen-bond donors (Lipinski definition) is 0. The van der Waals surface area contributed by atoms with Crippen molar-refractivity contribution in [3.63, 3.8) is 0 Å². The van der Waals surface area contributed by atoms with Crippen molar-refractivity contribution in [2.24, 2.45) is 5.41 Å². The highest BCUT2D eigenvalue weighted by Crippen LogP contribution is 2.44. The molecule has 0 saturated heterocycles. The number of halogens is 2. The van der Waals surface area contributed by atoms with E-state index >= 15 is 0 Å². The van der Waals surface area contributed by atoms with Crippen LogP contribution in [0.3, 0.4) is 0 Å². The van der Waals surface area contributed by atoms with Crippen LogP contribution in [0, 0.1) is 5.41 Å². The van der Waals surface area contributed by atoms with Gasteiger partial charge in [0.25, 0.3) is 5.92 Å². The Morgan fingerprint density at radius 3 is 2.42 bits per heavy atom. The molecule has 1 atom stereocenters. The first-order chi connectivity index (χ1) is 5.35. The lowest BCUT2D eigenvalue weighted by Crippen LogP contribution is -2.35. The predicted octanol–water partition coefficient (Wildman–Crippen LogP) is 3.55. The summed E-state index contributed by atoms with van der Waals surface area (Å²) in [6, 6.07) is 0. The van der Waals surface area contributed by atoms with Crippen molar-refractivity contribution in [3.8, 4) is 0 Å². The molecule has 0 unspecified atom stereocenters. The molecule has 0 aromatic heterocycles. The van der Waals surface area contributed by atoms with E-state index in [1.807, 2.05) is 13.0 Å². The number of allylic oxidation sites excluding steroid dienone is 4. The van der Waals surface area contributed by atoms with Gasteiger partial charge in [0.2, 0.25) is 0 Å². The largest absolute Gasteiger partial charge is 0.254 e. The van der Waals surface area contributed by atoms with Crippen LogP contribution in [-0.2, 0) is 0 Å². The van der Waals surface area contributed by atoms with Crippen LogP contribution in [0.1, 0.15) is 27.2 Å². The van der Waals surface area contributed by atoms with Gasteiger partial charge in [0.05, 0.1) is 5.41 Å². The van der Waals surface area contributed by atoms with Crippen LogP contribution < -0.4 is 0 Å². The van der Waals surface area contributed by atoms with Gasteiger partial charge < -0.3 is 0 Å². The molecule has 0 fully saturated rings. The summed E-state index contributed by atoms with van der Waals surface area (Å²) < 4.78 is 26.2. The molecule has 2 heteroatoms. The minimum Gasteiger partial charge on any atom is -0.206 e.